The van der Waals surface area contributed by atoms with Gasteiger partial charge in [-0.15, -0.1) is 0 Å². The second-order valence-electron chi connectivity index (χ2n) is 8.54. The summed E-state index contributed by atoms with van der Waals surface area (Å²) < 4.78 is 38.3. The van der Waals surface area contributed by atoms with E-state index in [2.05, 4.69) is 15.1 Å². The highest BCUT2D eigenvalue weighted by Gasteiger charge is 2.31. The van der Waals surface area contributed by atoms with Gasteiger partial charge in [-0.2, -0.15) is 9.29 Å². The minimum atomic E-state index is -3.76. The number of H-pyrrole nitrogens is 1. The van der Waals surface area contributed by atoms with Crippen LogP contribution in [0, 0.1) is 6.92 Å². The van der Waals surface area contributed by atoms with E-state index >= 15 is 0 Å². The van der Waals surface area contributed by atoms with E-state index in [9.17, 15) is 18.0 Å². The first kappa shape index (κ1) is 22.7. The average molecular weight is 488 g/mol. The molecule has 1 amide bonds. The lowest BCUT2D eigenvalue weighted by Crippen LogP contribution is -2.40. The molecular formula is C22H25N5O6S. The fourth-order valence-corrected chi connectivity index (χ4v) is 5.95. The number of piperidine rings is 1. The van der Waals surface area contributed by atoms with Crippen molar-refractivity contribution in [1.29, 1.82) is 0 Å². The van der Waals surface area contributed by atoms with E-state index in [4.69, 9.17) is 9.26 Å². The number of pyridine rings is 1. The van der Waals surface area contributed by atoms with Gasteiger partial charge in [-0.3, -0.25) is 9.59 Å². The Kier molecular flexibility index (Phi) is 5.96. The van der Waals surface area contributed by atoms with Gasteiger partial charge in [0.05, 0.1) is 29.6 Å². The minimum Gasteiger partial charge on any atom is -0.379 e. The Bertz CT molecular complexity index is 1390. The Labute approximate surface area is 195 Å². The molecule has 34 heavy (non-hydrogen) atoms. The average Bonchev–Trinajstić information content (AvgIpc) is 3.29. The zero-order chi connectivity index (χ0) is 23.9. The summed E-state index contributed by atoms with van der Waals surface area (Å²) in [6.07, 6.45) is 1.55. The molecule has 0 spiro atoms. The molecule has 1 N–H and O–H groups in total. The van der Waals surface area contributed by atoms with E-state index in [-0.39, 0.29) is 35.4 Å². The maximum atomic E-state index is 13.5. The third-order valence-corrected chi connectivity index (χ3v) is 8.15. The molecule has 0 radical (unpaired) electrons. The molecule has 0 aliphatic carbocycles. The summed E-state index contributed by atoms with van der Waals surface area (Å²) in [4.78, 5) is 34.6. The second kappa shape index (κ2) is 8.93. The van der Waals surface area contributed by atoms with Crippen molar-refractivity contribution < 1.29 is 22.5 Å². The molecule has 4 heterocycles. The third kappa shape index (κ3) is 4.24. The molecule has 12 heteroatoms. The lowest BCUT2D eigenvalue weighted by molar-refractivity contribution is 0.0697. The monoisotopic (exact) mass is 487 g/mol. The van der Waals surface area contributed by atoms with E-state index in [0.29, 0.717) is 48.9 Å². The van der Waals surface area contributed by atoms with Crippen molar-refractivity contribution in [1.82, 2.24) is 24.3 Å². The van der Waals surface area contributed by atoms with Crippen molar-refractivity contribution in [3.63, 3.8) is 0 Å². The maximum absolute atomic E-state index is 13.5. The van der Waals surface area contributed by atoms with Gasteiger partial charge in [0.25, 0.3) is 5.91 Å². The molecule has 3 aromatic rings. The zero-order valence-corrected chi connectivity index (χ0v) is 19.5. The molecule has 2 aliphatic rings. The summed E-state index contributed by atoms with van der Waals surface area (Å²) in [7, 11) is -3.76. The highest BCUT2D eigenvalue weighted by molar-refractivity contribution is 7.89. The van der Waals surface area contributed by atoms with Crippen LogP contribution in [-0.4, -0.2) is 78.0 Å². The summed E-state index contributed by atoms with van der Waals surface area (Å²) in [6.45, 7) is 3.83. The third-order valence-electron chi connectivity index (χ3n) is 6.25. The lowest BCUT2D eigenvalue weighted by atomic mass is 9.97. The molecule has 2 aromatic heterocycles. The van der Waals surface area contributed by atoms with E-state index in [0.717, 1.165) is 12.8 Å². The van der Waals surface area contributed by atoms with Crippen LogP contribution in [0.5, 0.6) is 0 Å². The zero-order valence-electron chi connectivity index (χ0n) is 18.7. The number of carbonyl (C=O) groups excluding carboxylic acids is 1. The molecule has 2 aliphatic heterocycles. The summed E-state index contributed by atoms with van der Waals surface area (Å²) in [5.74, 6) is 0.597. The number of aromatic amines is 1. The van der Waals surface area contributed by atoms with Crippen molar-refractivity contribution in [2.45, 2.75) is 30.6 Å². The van der Waals surface area contributed by atoms with Crippen molar-refractivity contribution in [3.8, 4) is 0 Å². The molecule has 11 nitrogen and oxygen atoms in total. The number of benzene rings is 1. The number of fused-ring (bicyclic) bond motifs is 1. The van der Waals surface area contributed by atoms with Gasteiger partial charge in [0, 0.05) is 43.1 Å². The van der Waals surface area contributed by atoms with Crippen LogP contribution in [0.4, 0.5) is 0 Å². The maximum Gasteiger partial charge on any atom is 0.254 e. The van der Waals surface area contributed by atoms with Crippen LogP contribution < -0.4 is 5.56 Å². The molecule has 1 unspecified atom stereocenters. The SMILES string of the molecule is Cc1noc(C2CCCN(C(=O)c3cc(=O)[nH]c4ccc(S(=O)(=O)N5CCOCC5)cc34)C2)n1. The highest BCUT2D eigenvalue weighted by atomic mass is 32.2. The van der Waals surface area contributed by atoms with Gasteiger partial charge >= 0.3 is 0 Å². The number of aromatic nitrogens is 3. The largest absolute Gasteiger partial charge is 0.379 e. The van der Waals surface area contributed by atoms with Crippen LogP contribution in [0.1, 0.15) is 40.8 Å². The van der Waals surface area contributed by atoms with Gasteiger partial charge in [0.15, 0.2) is 5.82 Å². The van der Waals surface area contributed by atoms with Gasteiger partial charge in [0.1, 0.15) is 0 Å². The molecule has 180 valence electrons. The van der Waals surface area contributed by atoms with Crippen molar-refractivity contribution in [2.75, 3.05) is 39.4 Å². The smallest absolute Gasteiger partial charge is 0.254 e. The standard InChI is InChI=1S/C22H25N5O6S/c1-14-23-21(33-25-14)15-3-2-6-26(13-15)22(29)18-12-20(28)24-19-5-4-16(11-17(18)19)34(30,31)27-7-9-32-10-8-27/h4-5,11-12,15H,2-3,6-10,13H2,1H3,(H,24,28). The number of rotatable bonds is 4. The first-order valence-electron chi connectivity index (χ1n) is 11.2. The molecule has 1 aromatic carbocycles. The number of aryl methyl sites for hydroxylation is 1. The highest BCUT2D eigenvalue weighted by Crippen LogP contribution is 2.29. The fraction of sp³-hybridized carbons (Fsp3) is 0.455. The van der Waals surface area contributed by atoms with Gasteiger partial charge in [-0.1, -0.05) is 5.16 Å². The Morgan fingerprint density at radius 2 is 1.97 bits per heavy atom. The molecule has 5 rings (SSSR count). The van der Waals surface area contributed by atoms with Crippen LogP contribution in [0.15, 0.2) is 38.5 Å². The van der Waals surface area contributed by atoms with E-state index in [1.165, 1.54) is 28.6 Å². The number of likely N-dealkylation sites (tertiary alicyclic amines) is 1. The quantitative estimate of drug-likeness (QED) is 0.580. The van der Waals surface area contributed by atoms with E-state index < -0.39 is 15.6 Å². The molecule has 2 fully saturated rings. The molecule has 0 saturated carbocycles. The topological polar surface area (TPSA) is 139 Å². The van der Waals surface area contributed by atoms with Crippen molar-refractivity contribution in [2.24, 2.45) is 0 Å². The fourth-order valence-electron chi connectivity index (χ4n) is 4.52. The minimum absolute atomic E-state index is 0.0702. The first-order valence-corrected chi connectivity index (χ1v) is 12.6. The summed E-state index contributed by atoms with van der Waals surface area (Å²) in [5.41, 5.74) is 0.138. The second-order valence-corrected chi connectivity index (χ2v) is 10.5. The van der Waals surface area contributed by atoms with Gasteiger partial charge in [-0.25, -0.2) is 8.42 Å². The van der Waals surface area contributed by atoms with Crippen LogP contribution in [-0.2, 0) is 14.8 Å². The Morgan fingerprint density at radius 3 is 2.71 bits per heavy atom. The van der Waals surface area contributed by atoms with Crippen LogP contribution in [0.2, 0.25) is 0 Å². The number of nitrogens with zero attached hydrogens (tertiary/aromatic N) is 4. The van der Waals surface area contributed by atoms with Gasteiger partial charge in [0.2, 0.25) is 21.5 Å². The summed E-state index contributed by atoms with van der Waals surface area (Å²) in [6, 6.07) is 5.68. The van der Waals surface area contributed by atoms with Crippen molar-refractivity contribution in [3.05, 3.63) is 51.9 Å². The number of morpholine rings is 1. The van der Waals surface area contributed by atoms with Gasteiger partial charge in [-0.05, 0) is 38.0 Å². The normalized spacial score (nSPS) is 20.0. The number of nitrogens with one attached hydrogen (secondary N) is 1. The predicted octanol–water partition coefficient (Wildman–Crippen LogP) is 1.26. The summed E-state index contributed by atoms with van der Waals surface area (Å²) in [5, 5.41) is 4.22. The predicted molar refractivity (Wildman–Crippen MR) is 121 cm³/mol. The Hall–Kier alpha value is -3.09. The number of carbonyl (C=O) groups is 1. The molecular weight excluding hydrogens is 462 g/mol. The number of hydrogen-bond donors (Lipinski definition) is 1. The molecule has 2 saturated heterocycles. The number of amides is 1. The number of sulfonamides is 1. The number of hydrogen-bond acceptors (Lipinski definition) is 8. The van der Waals surface area contributed by atoms with E-state index in [1.807, 2.05) is 0 Å². The van der Waals surface area contributed by atoms with Crippen molar-refractivity contribution >= 4 is 26.8 Å². The first-order chi connectivity index (χ1) is 16.3. The number of ether oxygens (including phenoxy) is 1. The summed E-state index contributed by atoms with van der Waals surface area (Å²) >= 11 is 0. The van der Waals surface area contributed by atoms with E-state index in [1.54, 1.807) is 11.8 Å². The lowest BCUT2D eigenvalue weighted by Gasteiger charge is -2.31. The Balaban J connectivity index is 1.50. The van der Waals surface area contributed by atoms with Crippen LogP contribution in [0.3, 0.4) is 0 Å². The Morgan fingerprint density at radius 1 is 1.18 bits per heavy atom. The molecule has 0 bridgehead atoms. The molecule has 1 atom stereocenters. The van der Waals surface area contributed by atoms with Crippen LogP contribution >= 0.6 is 0 Å². The van der Waals surface area contributed by atoms with Crippen LogP contribution in [0.25, 0.3) is 10.9 Å². The van der Waals surface area contributed by atoms with Gasteiger partial charge < -0.3 is 19.1 Å².